The van der Waals surface area contributed by atoms with Crippen LogP contribution >= 0.6 is 0 Å². The van der Waals surface area contributed by atoms with Crippen LogP contribution < -0.4 is 22.9 Å². The van der Waals surface area contributed by atoms with E-state index in [9.17, 15) is 25.9 Å². The van der Waals surface area contributed by atoms with E-state index in [1.807, 2.05) is 52.0 Å². The number of benzene rings is 6. The summed E-state index contributed by atoms with van der Waals surface area (Å²) >= 11 is 0. The smallest absolute Gasteiger partial charge is 0.297 e. The van der Waals surface area contributed by atoms with Gasteiger partial charge in [0.15, 0.2) is 0 Å². The SMILES string of the molecule is CCc1cc(-c2cc(CC)c(/N=N/c3c(N)c(S(=O)(=O)O)c4ccccc4c3N)c(CC)c2)cc(CC)c1/N=N/c1c(N)c(S(=O)(=O)O)c2ccccc2c1N. The molecule has 6 aromatic rings. The number of nitrogens with zero attached hydrogens (tertiary/aromatic N) is 4. The minimum Gasteiger partial charge on any atom is -0.396 e. The van der Waals surface area contributed by atoms with Crippen LogP contribution in [0.5, 0.6) is 0 Å². The summed E-state index contributed by atoms with van der Waals surface area (Å²) in [6.07, 6.45) is 2.34. The highest BCUT2D eigenvalue weighted by Gasteiger charge is 2.26. The number of fused-ring (bicyclic) bond motifs is 2. The molecule has 0 radical (unpaired) electrons. The Hall–Kier alpha value is -5.94. The Morgan fingerprint density at radius 3 is 0.982 bits per heavy atom. The van der Waals surface area contributed by atoms with Crippen molar-refractivity contribution >= 4 is 87.3 Å². The Bertz CT molecular complexity index is 2610. The molecule has 0 saturated carbocycles. The predicted molar refractivity (Wildman–Crippen MR) is 223 cm³/mol. The number of azo groups is 2. The minimum absolute atomic E-state index is 0.0594. The maximum absolute atomic E-state index is 12.4. The van der Waals surface area contributed by atoms with Gasteiger partial charge in [-0.1, -0.05) is 76.2 Å². The molecule has 0 fully saturated rings. The van der Waals surface area contributed by atoms with E-state index in [1.54, 1.807) is 36.4 Å². The van der Waals surface area contributed by atoms with Crippen LogP contribution in [0.2, 0.25) is 0 Å². The highest BCUT2D eigenvalue weighted by atomic mass is 32.2. The van der Waals surface area contributed by atoms with Gasteiger partial charge in [-0.25, -0.2) is 0 Å². The predicted octanol–water partition coefficient (Wildman–Crippen LogP) is 9.56. The molecule has 0 atom stereocenters. The highest BCUT2D eigenvalue weighted by Crippen LogP contribution is 2.46. The molecule has 290 valence electrons. The van der Waals surface area contributed by atoms with Crippen molar-refractivity contribution in [3.05, 3.63) is 95.1 Å². The summed E-state index contributed by atoms with van der Waals surface area (Å²) in [7, 11) is -9.47. The molecular weight excluding hydrogens is 753 g/mol. The second-order valence-electron chi connectivity index (χ2n) is 13.2. The van der Waals surface area contributed by atoms with Crippen LogP contribution in [0.3, 0.4) is 0 Å². The second kappa shape index (κ2) is 15.3. The molecule has 6 aromatic carbocycles. The van der Waals surface area contributed by atoms with E-state index < -0.39 is 30.0 Å². The molecule has 56 heavy (non-hydrogen) atoms. The maximum atomic E-state index is 12.4. The van der Waals surface area contributed by atoms with Gasteiger partial charge in [0.25, 0.3) is 20.2 Å². The van der Waals surface area contributed by atoms with E-state index in [0.717, 1.165) is 33.4 Å². The average molecular weight is 795 g/mol. The van der Waals surface area contributed by atoms with Gasteiger partial charge < -0.3 is 22.9 Å². The summed E-state index contributed by atoms with van der Waals surface area (Å²) in [5.74, 6) is 0. The molecule has 0 heterocycles. The van der Waals surface area contributed by atoms with Gasteiger partial charge in [-0.05, 0) is 83.3 Å². The molecule has 6 rings (SSSR count). The number of rotatable bonds is 11. The second-order valence-corrected chi connectivity index (χ2v) is 15.9. The zero-order chi connectivity index (χ0) is 40.7. The van der Waals surface area contributed by atoms with Crippen molar-refractivity contribution in [2.45, 2.75) is 63.2 Å². The molecular formula is C40H42N8O6S2. The zero-order valence-electron chi connectivity index (χ0n) is 31.2. The molecule has 10 N–H and O–H groups in total. The van der Waals surface area contributed by atoms with Crippen molar-refractivity contribution in [3.8, 4) is 11.1 Å². The first kappa shape index (κ1) is 39.7. The average Bonchev–Trinajstić information content (AvgIpc) is 3.16. The van der Waals surface area contributed by atoms with Gasteiger partial charge in [-0.3, -0.25) is 9.11 Å². The lowest BCUT2D eigenvalue weighted by Crippen LogP contribution is -2.06. The Labute approximate surface area is 324 Å². The van der Waals surface area contributed by atoms with Crippen molar-refractivity contribution in [2.24, 2.45) is 20.5 Å². The Morgan fingerprint density at radius 1 is 0.446 bits per heavy atom. The van der Waals surface area contributed by atoms with Crippen LogP contribution in [-0.4, -0.2) is 25.9 Å². The fourth-order valence-corrected chi connectivity index (χ4v) is 8.70. The third kappa shape index (κ3) is 7.14. The van der Waals surface area contributed by atoms with Crippen LogP contribution in [0.25, 0.3) is 32.7 Å². The van der Waals surface area contributed by atoms with Gasteiger partial charge in [0.2, 0.25) is 0 Å². The largest absolute Gasteiger partial charge is 0.396 e. The highest BCUT2D eigenvalue weighted by molar-refractivity contribution is 7.86. The molecule has 0 bridgehead atoms. The normalized spacial score (nSPS) is 12.5. The zero-order valence-corrected chi connectivity index (χ0v) is 32.8. The fraction of sp³-hybridized carbons (Fsp3) is 0.200. The number of hydrogen-bond acceptors (Lipinski definition) is 12. The molecule has 0 amide bonds. The Kier molecular flexibility index (Phi) is 10.9. The fourth-order valence-electron chi connectivity index (χ4n) is 7.04. The summed E-state index contributed by atoms with van der Waals surface area (Å²) in [6, 6.07) is 21.0. The third-order valence-corrected chi connectivity index (χ3v) is 11.8. The van der Waals surface area contributed by atoms with Crippen LogP contribution in [0.1, 0.15) is 49.9 Å². The number of anilines is 4. The first-order chi connectivity index (χ1) is 26.5. The Morgan fingerprint density at radius 2 is 0.714 bits per heavy atom. The molecule has 0 spiro atoms. The Balaban J connectivity index is 1.45. The van der Waals surface area contributed by atoms with Crippen molar-refractivity contribution in [1.29, 1.82) is 0 Å². The molecule has 0 aliphatic carbocycles. The van der Waals surface area contributed by atoms with Gasteiger partial charge >= 0.3 is 0 Å². The monoisotopic (exact) mass is 794 g/mol. The standard InChI is InChI=1S/C40H42N8O6S2/c1-5-21-17-25(18-22(6-2)35(21)45-47-37-31(41)27-13-9-11-15-29(27)39(33(37)43)55(49,50)51)26-19-23(7-3)36(24(8-4)20-26)46-48-38-32(42)28-14-10-12-16-30(28)40(34(38)44)56(52,53)54/h9-20H,5-8,41-44H2,1-4H3,(H,49,50,51)(H,52,53,54)/b47-45+,48-46+. The van der Waals surface area contributed by atoms with Crippen molar-refractivity contribution in [1.82, 2.24) is 0 Å². The van der Waals surface area contributed by atoms with E-state index in [0.29, 0.717) is 47.8 Å². The molecule has 0 aromatic heterocycles. The number of nitrogens with two attached hydrogens (primary N) is 4. The topological polar surface area (TPSA) is 262 Å². The third-order valence-electron chi connectivity index (χ3n) is 9.84. The van der Waals surface area contributed by atoms with E-state index >= 15 is 0 Å². The molecule has 14 nitrogen and oxygen atoms in total. The van der Waals surface area contributed by atoms with Gasteiger partial charge in [0, 0.05) is 21.5 Å². The summed E-state index contributed by atoms with van der Waals surface area (Å²) in [6.45, 7) is 7.96. The van der Waals surface area contributed by atoms with Gasteiger partial charge in [0.1, 0.15) is 21.2 Å². The minimum atomic E-state index is -4.73. The summed E-state index contributed by atoms with van der Waals surface area (Å²) < 4.78 is 69.8. The van der Waals surface area contributed by atoms with Crippen LogP contribution in [0.4, 0.5) is 45.5 Å². The summed E-state index contributed by atoms with van der Waals surface area (Å²) in [4.78, 5) is -0.960. The van der Waals surface area contributed by atoms with Gasteiger partial charge in [-0.15, -0.1) is 20.5 Å². The first-order valence-electron chi connectivity index (χ1n) is 17.8. The van der Waals surface area contributed by atoms with Gasteiger partial charge in [0.05, 0.1) is 34.1 Å². The lowest BCUT2D eigenvalue weighted by Gasteiger charge is -2.16. The van der Waals surface area contributed by atoms with Gasteiger partial charge in [-0.2, -0.15) is 16.8 Å². The summed E-state index contributed by atoms with van der Waals surface area (Å²) in [5.41, 5.74) is 31.5. The summed E-state index contributed by atoms with van der Waals surface area (Å²) in [5, 5.41) is 19.0. The number of nitrogen functional groups attached to an aromatic ring is 4. The van der Waals surface area contributed by atoms with Crippen LogP contribution in [-0.2, 0) is 45.9 Å². The van der Waals surface area contributed by atoms with E-state index in [2.05, 4.69) is 20.5 Å². The molecule has 0 aliphatic rings. The maximum Gasteiger partial charge on any atom is 0.297 e. The number of hydrogen-bond donors (Lipinski definition) is 6. The van der Waals surface area contributed by atoms with Crippen LogP contribution in [0.15, 0.2) is 103 Å². The molecule has 16 heteroatoms. The van der Waals surface area contributed by atoms with Crippen molar-refractivity contribution in [2.75, 3.05) is 22.9 Å². The lowest BCUT2D eigenvalue weighted by atomic mass is 9.92. The molecule has 0 unspecified atom stereocenters. The van der Waals surface area contributed by atoms with E-state index in [1.165, 1.54) is 12.1 Å². The van der Waals surface area contributed by atoms with E-state index in [-0.39, 0.29) is 44.9 Å². The quantitative estimate of drug-likeness (QED) is 0.0411. The van der Waals surface area contributed by atoms with Crippen molar-refractivity contribution < 1.29 is 25.9 Å². The van der Waals surface area contributed by atoms with Crippen molar-refractivity contribution in [3.63, 3.8) is 0 Å². The lowest BCUT2D eigenvalue weighted by molar-refractivity contribution is 0.482. The van der Waals surface area contributed by atoms with Crippen LogP contribution in [0, 0.1) is 0 Å². The molecule has 0 saturated heterocycles. The first-order valence-corrected chi connectivity index (χ1v) is 20.7. The number of aryl methyl sites for hydroxylation is 4. The molecule has 0 aliphatic heterocycles. The van der Waals surface area contributed by atoms with E-state index in [4.69, 9.17) is 22.9 Å².